The van der Waals surface area contributed by atoms with E-state index in [1.165, 1.54) is 0 Å². The lowest BCUT2D eigenvalue weighted by Crippen LogP contribution is -2.05. The second-order valence-electron chi connectivity index (χ2n) is 3.94. The summed E-state index contributed by atoms with van der Waals surface area (Å²) in [6.07, 6.45) is -3.36. The van der Waals surface area contributed by atoms with Crippen molar-refractivity contribution in [3.63, 3.8) is 0 Å². The summed E-state index contributed by atoms with van der Waals surface area (Å²) < 4.78 is 38.2. The minimum Gasteiger partial charge on any atom is -0.477 e. The molecule has 110 valence electrons. The summed E-state index contributed by atoms with van der Waals surface area (Å²) in [5.41, 5.74) is -2.35. The van der Waals surface area contributed by atoms with Crippen LogP contribution in [-0.4, -0.2) is 25.8 Å². The van der Waals surface area contributed by atoms with Crippen molar-refractivity contribution in [2.45, 2.75) is 6.18 Å². The van der Waals surface area contributed by atoms with Gasteiger partial charge in [0.2, 0.25) is 0 Å². The van der Waals surface area contributed by atoms with Gasteiger partial charge in [-0.25, -0.2) is 9.48 Å². The zero-order valence-electron chi connectivity index (χ0n) is 10.0. The first-order valence-electron chi connectivity index (χ1n) is 5.34. The lowest BCUT2D eigenvalue weighted by Gasteiger charge is -2.04. The van der Waals surface area contributed by atoms with Crippen molar-refractivity contribution in [1.29, 1.82) is 0 Å². The Morgan fingerprint density at radius 2 is 2.05 bits per heavy atom. The van der Waals surface area contributed by atoms with Crippen molar-refractivity contribution in [2.24, 2.45) is 0 Å². The number of halogens is 3. The standard InChI is InChI=1S/C11H6F3N3O4/c12-11(13,14)6-4-15-16(5-6)7-1-2-9(17(20)21)8(3-7)10(18)19/h1-5H,(H,18,19). The molecule has 0 aliphatic heterocycles. The average molecular weight is 301 g/mol. The maximum Gasteiger partial charge on any atom is 0.419 e. The molecule has 0 aliphatic rings. The van der Waals surface area contributed by atoms with Gasteiger partial charge in [-0.05, 0) is 12.1 Å². The number of nitro benzene ring substituents is 1. The second-order valence-corrected chi connectivity index (χ2v) is 3.94. The number of hydrogen-bond acceptors (Lipinski definition) is 4. The molecule has 1 aromatic heterocycles. The van der Waals surface area contributed by atoms with E-state index in [1.54, 1.807) is 0 Å². The highest BCUT2D eigenvalue weighted by molar-refractivity contribution is 5.93. The molecule has 0 radical (unpaired) electrons. The fourth-order valence-electron chi connectivity index (χ4n) is 1.61. The van der Waals surface area contributed by atoms with Gasteiger partial charge in [-0.2, -0.15) is 18.3 Å². The minimum absolute atomic E-state index is 0.0338. The van der Waals surface area contributed by atoms with E-state index in [9.17, 15) is 28.1 Å². The van der Waals surface area contributed by atoms with Gasteiger partial charge in [-0.3, -0.25) is 10.1 Å². The number of rotatable bonds is 3. The Hall–Kier alpha value is -2.91. The first-order chi connectivity index (χ1) is 9.70. The maximum absolute atomic E-state index is 12.5. The highest BCUT2D eigenvalue weighted by Gasteiger charge is 2.32. The quantitative estimate of drug-likeness (QED) is 0.693. The van der Waals surface area contributed by atoms with Crippen molar-refractivity contribution in [2.75, 3.05) is 0 Å². The van der Waals surface area contributed by atoms with Gasteiger partial charge < -0.3 is 5.11 Å². The first kappa shape index (κ1) is 14.5. The number of benzene rings is 1. The van der Waals surface area contributed by atoms with Crippen LogP contribution in [0.25, 0.3) is 5.69 Å². The molecule has 1 N–H and O–H groups in total. The van der Waals surface area contributed by atoms with Crippen LogP contribution in [0.4, 0.5) is 18.9 Å². The van der Waals surface area contributed by atoms with Crippen LogP contribution in [-0.2, 0) is 6.18 Å². The van der Waals surface area contributed by atoms with Gasteiger partial charge in [-0.1, -0.05) is 0 Å². The zero-order chi connectivity index (χ0) is 15.8. The topological polar surface area (TPSA) is 98.3 Å². The molecular formula is C11H6F3N3O4. The number of carbonyl (C=O) groups is 1. The van der Waals surface area contributed by atoms with Gasteiger partial charge in [0.1, 0.15) is 5.56 Å². The van der Waals surface area contributed by atoms with Gasteiger partial charge in [0.25, 0.3) is 5.69 Å². The Bertz CT molecular complexity index is 724. The van der Waals surface area contributed by atoms with Gasteiger partial charge in [0.05, 0.1) is 22.4 Å². The lowest BCUT2D eigenvalue weighted by molar-refractivity contribution is -0.385. The smallest absolute Gasteiger partial charge is 0.419 e. The van der Waals surface area contributed by atoms with Gasteiger partial charge >= 0.3 is 12.1 Å². The molecule has 10 heteroatoms. The van der Waals surface area contributed by atoms with Crippen molar-refractivity contribution >= 4 is 11.7 Å². The average Bonchev–Trinajstić information content (AvgIpc) is 2.87. The summed E-state index contributed by atoms with van der Waals surface area (Å²) in [5, 5.41) is 23.0. The van der Waals surface area contributed by atoms with Crippen LogP contribution in [0.15, 0.2) is 30.6 Å². The highest BCUT2D eigenvalue weighted by atomic mass is 19.4. The summed E-state index contributed by atoms with van der Waals surface area (Å²) in [5.74, 6) is -1.56. The van der Waals surface area contributed by atoms with E-state index in [0.717, 1.165) is 22.9 Å². The van der Waals surface area contributed by atoms with Crippen molar-refractivity contribution in [3.8, 4) is 5.69 Å². The number of nitro groups is 1. The SMILES string of the molecule is O=C(O)c1cc(-n2cc(C(F)(F)F)cn2)ccc1[N+](=O)[O-]. The highest BCUT2D eigenvalue weighted by Crippen LogP contribution is 2.29. The fraction of sp³-hybridized carbons (Fsp3) is 0.0909. The molecule has 1 aromatic carbocycles. The third kappa shape index (κ3) is 2.83. The molecule has 0 fully saturated rings. The van der Waals surface area contributed by atoms with Crippen LogP contribution in [0.3, 0.4) is 0 Å². The lowest BCUT2D eigenvalue weighted by atomic mass is 10.1. The Kier molecular flexibility index (Phi) is 3.37. The van der Waals surface area contributed by atoms with E-state index in [2.05, 4.69) is 5.10 Å². The molecule has 0 amide bonds. The molecular weight excluding hydrogens is 295 g/mol. The summed E-state index contributed by atoms with van der Waals surface area (Å²) >= 11 is 0. The van der Waals surface area contributed by atoms with E-state index in [-0.39, 0.29) is 5.69 Å². The third-order valence-electron chi connectivity index (χ3n) is 2.58. The summed E-state index contributed by atoms with van der Waals surface area (Å²) in [6, 6.07) is 2.89. The predicted octanol–water partition coefficient (Wildman–Crippen LogP) is 2.50. The van der Waals surface area contributed by atoms with Crippen LogP contribution < -0.4 is 0 Å². The Balaban J connectivity index is 2.51. The number of hydrogen-bond donors (Lipinski definition) is 1. The number of carboxylic acid groups (broad SMARTS) is 1. The second kappa shape index (κ2) is 4.89. The van der Waals surface area contributed by atoms with Crippen LogP contribution in [0, 0.1) is 10.1 Å². The molecule has 1 heterocycles. The van der Waals surface area contributed by atoms with Gasteiger partial charge in [0.15, 0.2) is 0 Å². The van der Waals surface area contributed by atoms with E-state index < -0.39 is 33.9 Å². The van der Waals surface area contributed by atoms with Crippen LogP contribution in [0.2, 0.25) is 0 Å². The van der Waals surface area contributed by atoms with E-state index >= 15 is 0 Å². The van der Waals surface area contributed by atoms with Crippen LogP contribution >= 0.6 is 0 Å². The van der Waals surface area contributed by atoms with E-state index in [4.69, 9.17) is 5.11 Å². The Morgan fingerprint density at radius 1 is 1.38 bits per heavy atom. The number of aromatic nitrogens is 2. The van der Waals surface area contributed by atoms with Crippen molar-refractivity contribution in [1.82, 2.24) is 9.78 Å². The fourth-order valence-corrected chi connectivity index (χ4v) is 1.61. The number of alkyl halides is 3. The molecule has 0 spiro atoms. The minimum atomic E-state index is -4.59. The molecule has 0 saturated carbocycles. The molecule has 7 nitrogen and oxygen atoms in total. The van der Waals surface area contributed by atoms with Crippen LogP contribution in [0.5, 0.6) is 0 Å². The monoisotopic (exact) mass is 301 g/mol. The largest absolute Gasteiger partial charge is 0.477 e. The molecule has 0 aliphatic carbocycles. The first-order valence-corrected chi connectivity index (χ1v) is 5.34. The number of aromatic carboxylic acids is 1. The molecule has 2 rings (SSSR count). The third-order valence-corrected chi connectivity index (χ3v) is 2.58. The summed E-state index contributed by atoms with van der Waals surface area (Å²) in [4.78, 5) is 20.7. The summed E-state index contributed by atoms with van der Waals surface area (Å²) in [7, 11) is 0. The number of nitrogens with zero attached hydrogens (tertiary/aromatic N) is 3. The van der Waals surface area contributed by atoms with Crippen molar-refractivity contribution < 1.29 is 28.0 Å². The molecule has 0 atom stereocenters. The molecule has 21 heavy (non-hydrogen) atoms. The van der Waals surface area contributed by atoms with E-state index in [0.29, 0.717) is 12.4 Å². The molecule has 2 aromatic rings. The normalized spacial score (nSPS) is 11.4. The predicted molar refractivity (Wildman–Crippen MR) is 62.2 cm³/mol. The molecule has 0 saturated heterocycles. The van der Waals surface area contributed by atoms with E-state index in [1.807, 2.05) is 0 Å². The number of carboxylic acids is 1. The van der Waals surface area contributed by atoms with Crippen molar-refractivity contribution in [3.05, 3.63) is 51.8 Å². The molecule has 0 bridgehead atoms. The Morgan fingerprint density at radius 3 is 2.52 bits per heavy atom. The Labute approximate surface area is 114 Å². The zero-order valence-corrected chi connectivity index (χ0v) is 10.0. The van der Waals surface area contributed by atoms with Crippen LogP contribution in [0.1, 0.15) is 15.9 Å². The summed E-state index contributed by atoms with van der Waals surface area (Å²) in [6.45, 7) is 0. The van der Waals surface area contributed by atoms with Gasteiger partial charge in [0, 0.05) is 12.3 Å². The maximum atomic E-state index is 12.5. The van der Waals surface area contributed by atoms with Gasteiger partial charge in [-0.15, -0.1) is 0 Å². The molecule has 0 unspecified atom stereocenters.